The van der Waals surface area contributed by atoms with E-state index in [0.29, 0.717) is 39.9 Å². The Kier molecular flexibility index (Phi) is 5.39. The van der Waals surface area contributed by atoms with E-state index in [2.05, 4.69) is 20.4 Å². The molecule has 1 N–H and O–H groups in total. The summed E-state index contributed by atoms with van der Waals surface area (Å²) >= 11 is 6.02. The first kappa shape index (κ1) is 20.9. The summed E-state index contributed by atoms with van der Waals surface area (Å²) in [6.07, 6.45) is 2.09. The van der Waals surface area contributed by atoms with Crippen molar-refractivity contribution in [2.75, 3.05) is 5.32 Å². The molecule has 0 bridgehead atoms. The molecular weight excluding hydrogens is 444 g/mol. The number of rotatable bonds is 6. The zero-order valence-corrected chi connectivity index (χ0v) is 18.4. The van der Waals surface area contributed by atoms with Gasteiger partial charge in [-0.15, -0.1) is 0 Å². The standard InChI is InChI=1S/C23H19ClN6O3/c1-2-18-27-20(33-28-18)12-29-13-25-21-16-8-3-4-9-17(16)30(22(21)23(29)32)11-19(31)26-15-7-5-6-14(24)10-15/h3-10,13H,2,11-12H2,1H3,(H,26,31). The second kappa shape index (κ2) is 8.51. The van der Waals surface area contributed by atoms with Gasteiger partial charge in [-0.25, -0.2) is 4.98 Å². The Morgan fingerprint density at radius 1 is 1.18 bits per heavy atom. The van der Waals surface area contributed by atoms with Crippen molar-refractivity contribution in [3.05, 3.63) is 81.9 Å². The fraction of sp³-hybridized carbons (Fsp3) is 0.174. The highest BCUT2D eigenvalue weighted by atomic mass is 35.5. The molecule has 0 saturated heterocycles. The molecule has 9 nitrogen and oxygen atoms in total. The number of carbonyl (C=O) groups excluding carboxylic acids is 1. The highest BCUT2D eigenvalue weighted by Gasteiger charge is 2.19. The predicted molar refractivity (Wildman–Crippen MR) is 124 cm³/mol. The summed E-state index contributed by atoms with van der Waals surface area (Å²) in [7, 11) is 0. The van der Waals surface area contributed by atoms with Gasteiger partial charge in [0.05, 0.1) is 11.8 Å². The molecule has 1 amide bonds. The van der Waals surface area contributed by atoms with Crippen molar-refractivity contribution in [2.24, 2.45) is 0 Å². The molecule has 2 aromatic carbocycles. The van der Waals surface area contributed by atoms with Gasteiger partial charge in [0, 0.05) is 22.5 Å². The Bertz CT molecular complexity index is 1550. The van der Waals surface area contributed by atoms with Crippen LogP contribution in [0.1, 0.15) is 18.6 Å². The molecule has 166 valence electrons. The van der Waals surface area contributed by atoms with Crippen molar-refractivity contribution in [3.8, 4) is 0 Å². The molecule has 5 aromatic rings. The number of anilines is 1. The van der Waals surface area contributed by atoms with E-state index in [0.717, 1.165) is 10.9 Å². The van der Waals surface area contributed by atoms with Crippen molar-refractivity contribution in [3.63, 3.8) is 0 Å². The largest absolute Gasteiger partial charge is 0.337 e. The zero-order chi connectivity index (χ0) is 22.9. The number of amides is 1. The fourth-order valence-electron chi connectivity index (χ4n) is 3.78. The number of benzene rings is 2. The third-order valence-corrected chi connectivity index (χ3v) is 5.51. The first-order valence-electron chi connectivity index (χ1n) is 10.4. The molecule has 0 spiro atoms. The maximum atomic E-state index is 13.4. The summed E-state index contributed by atoms with van der Waals surface area (Å²) in [5, 5.41) is 8.01. The number of fused-ring (bicyclic) bond motifs is 3. The van der Waals surface area contributed by atoms with Gasteiger partial charge in [-0.2, -0.15) is 4.98 Å². The molecule has 33 heavy (non-hydrogen) atoms. The fourth-order valence-corrected chi connectivity index (χ4v) is 3.97. The minimum absolute atomic E-state index is 0.0714. The summed E-state index contributed by atoms with van der Waals surface area (Å²) in [6.45, 7) is 1.93. The van der Waals surface area contributed by atoms with Crippen molar-refractivity contribution in [1.29, 1.82) is 0 Å². The number of halogens is 1. The second-order valence-corrected chi connectivity index (χ2v) is 7.93. The lowest BCUT2D eigenvalue weighted by Gasteiger charge is -2.09. The number of nitrogens with zero attached hydrogens (tertiary/aromatic N) is 5. The smallest absolute Gasteiger partial charge is 0.278 e. The lowest BCUT2D eigenvalue weighted by molar-refractivity contribution is -0.116. The van der Waals surface area contributed by atoms with Crippen LogP contribution >= 0.6 is 11.6 Å². The molecule has 10 heteroatoms. The summed E-state index contributed by atoms with van der Waals surface area (Å²) in [5.74, 6) is 0.592. The van der Waals surface area contributed by atoms with Crippen LogP contribution in [0.4, 0.5) is 5.69 Å². The first-order valence-corrected chi connectivity index (χ1v) is 10.7. The number of hydrogen-bond acceptors (Lipinski definition) is 6. The van der Waals surface area contributed by atoms with Crippen molar-refractivity contribution in [1.82, 2.24) is 24.3 Å². The van der Waals surface area contributed by atoms with E-state index in [-0.39, 0.29) is 24.6 Å². The zero-order valence-electron chi connectivity index (χ0n) is 17.7. The average molecular weight is 463 g/mol. The van der Waals surface area contributed by atoms with Gasteiger partial charge in [0.25, 0.3) is 5.56 Å². The molecule has 0 aliphatic carbocycles. The van der Waals surface area contributed by atoms with Crippen LogP contribution in [-0.2, 0) is 24.3 Å². The number of carbonyl (C=O) groups is 1. The lowest BCUT2D eigenvalue weighted by Crippen LogP contribution is -2.25. The summed E-state index contributed by atoms with van der Waals surface area (Å²) in [5.41, 5.74) is 1.87. The van der Waals surface area contributed by atoms with E-state index >= 15 is 0 Å². The molecule has 0 aliphatic heterocycles. The summed E-state index contributed by atoms with van der Waals surface area (Å²) in [4.78, 5) is 35.1. The van der Waals surface area contributed by atoms with Gasteiger partial charge in [0.2, 0.25) is 11.8 Å². The average Bonchev–Trinajstić information content (AvgIpc) is 3.39. The Hall–Kier alpha value is -3.98. The van der Waals surface area contributed by atoms with E-state index < -0.39 is 0 Å². The summed E-state index contributed by atoms with van der Waals surface area (Å²) in [6, 6.07) is 14.4. The Morgan fingerprint density at radius 3 is 2.82 bits per heavy atom. The van der Waals surface area contributed by atoms with E-state index in [1.165, 1.54) is 10.9 Å². The second-order valence-electron chi connectivity index (χ2n) is 7.49. The van der Waals surface area contributed by atoms with Crippen molar-refractivity contribution in [2.45, 2.75) is 26.4 Å². The third kappa shape index (κ3) is 3.98. The Balaban J connectivity index is 1.57. The Labute approximate surface area is 192 Å². The van der Waals surface area contributed by atoms with E-state index in [9.17, 15) is 9.59 Å². The van der Waals surface area contributed by atoms with Gasteiger partial charge in [-0.1, -0.05) is 47.9 Å². The van der Waals surface area contributed by atoms with Gasteiger partial charge < -0.3 is 14.4 Å². The van der Waals surface area contributed by atoms with Crippen LogP contribution in [0.15, 0.2) is 64.2 Å². The predicted octanol–water partition coefficient (Wildman–Crippen LogP) is 3.64. The van der Waals surface area contributed by atoms with Crippen LogP contribution in [-0.4, -0.2) is 30.2 Å². The van der Waals surface area contributed by atoms with Gasteiger partial charge >= 0.3 is 0 Å². The SMILES string of the molecule is CCc1noc(Cn2cnc3c4ccccc4n(CC(=O)Nc4cccc(Cl)c4)c3c2=O)n1. The van der Waals surface area contributed by atoms with Gasteiger partial charge in [0.15, 0.2) is 5.82 Å². The minimum Gasteiger partial charge on any atom is -0.337 e. The molecule has 0 aliphatic rings. The topological polar surface area (TPSA) is 108 Å². The molecule has 5 rings (SSSR count). The molecule has 0 fully saturated rings. The third-order valence-electron chi connectivity index (χ3n) is 5.28. The summed E-state index contributed by atoms with van der Waals surface area (Å²) < 4.78 is 8.31. The first-order chi connectivity index (χ1) is 16.0. The van der Waals surface area contributed by atoms with Crippen LogP contribution in [0, 0.1) is 0 Å². The maximum Gasteiger partial charge on any atom is 0.278 e. The minimum atomic E-state index is -0.303. The van der Waals surface area contributed by atoms with Crippen molar-refractivity contribution < 1.29 is 9.32 Å². The van der Waals surface area contributed by atoms with Gasteiger partial charge in [-0.05, 0) is 24.3 Å². The monoisotopic (exact) mass is 462 g/mol. The van der Waals surface area contributed by atoms with Crippen LogP contribution < -0.4 is 10.9 Å². The quantitative estimate of drug-likeness (QED) is 0.412. The highest BCUT2D eigenvalue weighted by molar-refractivity contribution is 6.30. The number of aryl methyl sites for hydroxylation is 1. The highest BCUT2D eigenvalue weighted by Crippen LogP contribution is 2.25. The van der Waals surface area contributed by atoms with Gasteiger partial charge in [0.1, 0.15) is 24.1 Å². The maximum absolute atomic E-state index is 13.4. The molecule has 3 aromatic heterocycles. The molecule has 0 unspecified atom stereocenters. The molecular formula is C23H19ClN6O3. The lowest BCUT2D eigenvalue weighted by atomic mass is 10.2. The van der Waals surface area contributed by atoms with Crippen LogP contribution in [0.25, 0.3) is 21.9 Å². The molecule has 0 radical (unpaired) electrons. The number of para-hydroxylation sites is 1. The molecule has 0 saturated carbocycles. The number of nitrogens with one attached hydrogen (secondary N) is 1. The molecule has 3 heterocycles. The molecule has 0 atom stereocenters. The normalized spacial score (nSPS) is 11.3. The van der Waals surface area contributed by atoms with E-state index in [1.807, 2.05) is 31.2 Å². The van der Waals surface area contributed by atoms with Crippen LogP contribution in [0.2, 0.25) is 5.02 Å². The number of hydrogen-bond donors (Lipinski definition) is 1. The van der Waals surface area contributed by atoms with Crippen LogP contribution in [0.5, 0.6) is 0 Å². The van der Waals surface area contributed by atoms with E-state index in [1.54, 1.807) is 28.8 Å². The number of aromatic nitrogens is 5. The van der Waals surface area contributed by atoms with Gasteiger partial charge in [-0.3, -0.25) is 14.2 Å². The van der Waals surface area contributed by atoms with Crippen molar-refractivity contribution >= 4 is 45.1 Å². The van der Waals surface area contributed by atoms with Crippen LogP contribution in [0.3, 0.4) is 0 Å². The Morgan fingerprint density at radius 2 is 2.03 bits per heavy atom. The van der Waals surface area contributed by atoms with E-state index in [4.69, 9.17) is 16.1 Å².